The molecule has 0 bridgehead atoms. The average molecular weight is 199 g/mol. The van der Waals surface area contributed by atoms with Gasteiger partial charge >= 0.3 is 0 Å². The number of aliphatic hydroxyl groups excluding tert-OH is 1. The highest BCUT2D eigenvalue weighted by molar-refractivity contribution is 5.42. The van der Waals surface area contributed by atoms with Crippen molar-refractivity contribution in [2.45, 2.75) is 26.0 Å². The number of nitrogens with two attached hydrogens (primary N) is 1. The molecular formula is C10H14FNO2. The van der Waals surface area contributed by atoms with Crippen molar-refractivity contribution in [3.8, 4) is 5.75 Å². The van der Waals surface area contributed by atoms with E-state index in [0.29, 0.717) is 5.56 Å². The molecule has 3 nitrogen and oxygen atoms in total. The van der Waals surface area contributed by atoms with E-state index in [1.165, 1.54) is 26.0 Å². The van der Waals surface area contributed by atoms with Crippen molar-refractivity contribution in [1.29, 1.82) is 0 Å². The Kier molecular flexibility index (Phi) is 3.08. The van der Waals surface area contributed by atoms with Crippen LogP contribution in [0.25, 0.3) is 0 Å². The summed E-state index contributed by atoms with van der Waals surface area (Å²) in [7, 11) is 0. The first-order chi connectivity index (χ1) is 6.45. The third kappa shape index (κ3) is 1.86. The SMILES string of the molecule is Cc1c(F)ccc([C@H](N)C(C)O)c1O. The largest absolute Gasteiger partial charge is 0.507 e. The smallest absolute Gasteiger partial charge is 0.129 e. The Morgan fingerprint density at radius 3 is 2.50 bits per heavy atom. The molecule has 0 aliphatic heterocycles. The topological polar surface area (TPSA) is 66.5 Å². The summed E-state index contributed by atoms with van der Waals surface area (Å²) < 4.78 is 13.0. The molecule has 0 aliphatic rings. The monoisotopic (exact) mass is 199 g/mol. The minimum absolute atomic E-state index is 0.151. The molecule has 0 aromatic heterocycles. The maximum absolute atomic E-state index is 13.0. The number of hydrogen-bond acceptors (Lipinski definition) is 3. The van der Waals surface area contributed by atoms with Gasteiger partial charge in [0.15, 0.2) is 0 Å². The molecule has 0 fully saturated rings. The van der Waals surface area contributed by atoms with Gasteiger partial charge in [0.1, 0.15) is 11.6 Å². The molecule has 1 aromatic carbocycles. The van der Waals surface area contributed by atoms with Gasteiger partial charge in [-0.15, -0.1) is 0 Å². The van der Waals surface area contributed by atoms with E-state index in [2.05, 4.69) is 0 Å². The molecule has 1 rings (SSSR count). The number of benzene rings is 1. The summed E-state index contributed by atoms with van der Waals surface area (Å²) in [6.07, 6.45) is -0.786. The van der Waals surface area contributed by atoms with Crippen LogP contribution >= 0.6 is 0 Å². The van der Waals surface area contributed by atoms with E-state index >= 15 is 0 Å². The second kappa shape index (κ2) is 3.94. The lowest BCUT2D eigenvalue weighted by Gasteiger charge is -2.17. The van der Waals surface area contributed by atoms with Crippen LogP contribution < -0.4 is 5.73 Å². The van der Waals surface area contributed by atoms with Gasteiger partial charge in [-0.3, -0.25) is 0 Å². The average Bonchev–Trinajstić information content (AvgIpc) is 2.13. The summed E-state index contributed by atoms with van der Waals surface area (Å²) >= 11 is 0. The number of rotatable bonds is 2. The van der Waals surface area contributed by atoms with E-state index < -0.39 is 18.0 Å². The first kappa shape index (κ1) is 10.9. The van der Waals surface area contributed by atoms with Gasteiger partial charge in [0.05, 0.1) is 12.1 Å². The molecule has 0 spiro atoms. The highest BCUT2D eigenvalue weighted by atomic mass is 19.1. The van der Waals surface area contributed by atoms with E-state index in [-0.39, 0.29) is 11.3 Å². The van der Waals surface area contributed by atoms with Crippen LogP contribution in [0.4, 0.5) is 4.39 Å². The summed E-state index contributed by atoms with van der Waals surface area (Å²) in [5.74, 6) is -0.664. The molecule has 0 radical (unpaired) electrons. The van der Waals surface area contributed by atoms with Crippen molar-refractivity contribution in [1.82, 2.24) is 0 Å². The minimum atomic E-state index is -0.786. The van der Waals surface area contributed by atoms with Crippen LogP contribution in [-0.2, 0) is 0 Å². The predicted octanol–water partition coefficient (Wildman–Crippen LogP) is 1.22. The minimum Gasteiger partial charge on any atom is -0.507 e. The Hall–Kier alpha value is -1.13. The van der Waals surface area contributed by atoms with Gasteiger partial charge in [0.25, 0.3) is 0 Å². The zero-order valence-corrected chi connectivity index (χ0v) is 8.16. The summed E-state index contributed by atoms with van der Waals surface area (Å²) in [6, 6.07) is 1.91. The molecule has 0 saturated heterocycles. The zero-order valence-electron chi connectivity index (χ0n) is 8.16. The van der Waals surface area contributed by atoms with Crippen molar-refractivity contribution >= 4 is 0 Å². The van der Waals surface area contributed by atoms with E-state index in [9.17, 15) is 14.6 Å². The van der Waals surface area contributed by atoms with Crippen molar-refractivity contribution in [3.05, 3.63) is 29.1 Å². The van der Waals surface area contributed by atoms with Gasteiger partial charge in [0.2, 0.25) is 0 Å². The zero-order chi connectivity index (χ0) is 10.9. The normalized spacial score (nSPS) is 15.2. The highest BCUT2D eigenvalue weighted by Crippen LogP contribution is 2.29. The van der Waals surface area contributed by atoms with Crippen LogP contribution in [0.3, 0.4) is 0 Å². The lowest BCUT2D eigenvalue weighted by atomic mass is 9.99. The molecule has 0 amide bonds. The third-order valence-electron chi connectivity index (χ3n) is 2.27. The van der Waals surface area contributed by atoms with Crippen LogP contribution in [0.2, 0.25) is 0 Å². The molecule has 1 aromatic rings. The number of hydrogen-bond donors (Lipinski definition) is 3. The van der Waals surface area contributed by atoms with Crippen LogP contribution in [0.5, 0.6) is 5.75 Å². The number of aliphatic hydroxyl groups is 1. The number of halogens is 1. The quantitative estimate of drug-likeness (QED) is 0.671. The summed E-state index contributed by atoms with van der Waals surface area (Å²) in [5.41, 5.74) is 6.14. The number of phenols is 1. The Bertz CT molecular complexity index is 339. The molecule has 78 valence electrons. The summed E-state index contributed by atoms with van der Waals surface area (Å²) in [5, 5.41) is 18.8. The Labute approximate surface area is 82.0 Å². The van der Waals surface area contributed by atoms with Gasteiger partial charge in [-0.2, -0.15) is 0 Å². The lowest BCUT2D eigenvalue weighted by molar-refractivity contribution is 0.162. The third-order valence-corrected chi connectivity index (χ3v) is 2.27. The maximum atomic E-state index is 13.0. The molecule has 0 heterocycles. The fourth-order valence-corrected chi connectivity index (χ4v) is 1.23. The molecule has 4 heteroatoms. The van der Waals surface area contributed by atoms with Gasteiger partial charge in [-0.25, -0.2) is 4.39 Å². The van der Waals surface area contributed by atoms with E-state index in [4.69, 9.17) is 5.73 Å². The van der Waals surface area contributed by atoms with Crippen molar-refractivity contribution in [3.63, 3.8) is 0 Å². The van der Waals surface area contributed by atoms with Gasteiger partial charge in [0, 0.05) is 11.1 Å². The van der Waals surface area contributed by atoms with Crippen LogP contribution in [0.15, 0.2) is 12.1 Å². The Morgan fingerprint density at radius 2 is 2.00 bits per heavy atom. The van der Waals surface area contributed by atoms with E-state index in [0.717, 1.165) is 0 Å². The second-order valence-electron chi connectivity index (χ2n) is 3.38. The lowest BCUT2D eigenvalue weighted by Crippen LogP contribution is -2.23. The fraction of sp³-hybridized carbons (Fsp3) is 0.400. The molecule has 4 N–H and O–H groups in total. The molecule has 2 atom stereocenters. The van der Waals surface area contributed by atoms with Gasteiger partial charge < -0.3 is 15.9 Å². The van der Waals surface area contributed by atoms with Crippen molar-refractivity contribution in [2.75, 3.05) is 0 Å². The van der Waals surface area contributed by atoms with Crippen LogP contribution in [-0.4, -0.2) is 16.3 Å². The number of aromatic hydroxyl groups is 1. The fourth-order valence-electron chi connectivity index (χ4n) is 1.23. The molecule has 1 unspecified atom stereocenters. The Morgan fingerprint density at radius 1 is 1.43 bits per heavy atom. The van der Waals surface area contributed by atoms with Crippen molar-refractivity contribution in [2.24, 2.45) is 5.73 Å². The predicted molar refractivity (Wildman–Crippen MR) is 51.4 cm³/mol. The van der Waals surface area contributed by atoms with Gasteiger partial charge in [-0.05, 0) is 19.9 Å². The molecular weight excluding hydrogens is 185 g/mol. The van der Waals surface area contributed by atoms with Crippen LogP contribution in [0.1, 0.15) is 24.1 Å². The van der Waals surface area contributed by atoms with Gasteiger partial charge in [-0.1, -0.05) is 6.07 Å². The Balaban J connectivity index is 3.17. The molecule has 0 aliphatic carbocycles. The first-order valence-corrected chi connectivity index (χ1v) is 4.36. The highest BCUT2D eigenvalue weighted by Gasteiger charge is 2.18. The number of phenolic OH excluding ortho intramolecular Hbond substituents is 1. The second-order valence-corrected chi connectivity index (χ2v) is 3.38. The maximum Gasteiger partial charge on any atom is 0.129 e. The van der Waals surface area contributed by atoms with Crippen LogP contribution in [0, 0.1) is 12.7 Å². The standard InChI is InChI=1S/C10H14FNO2/c1-5-8(11)4-3-7(10(5)14)9(12)6(2)13/h3-4,6,9,13-14H,12H2,1-2H3/t6?,9-/m1/s1. The molecule has 0 saturated carbocycles. The molecule has 14 heavy (non-hydrogen) atoms. The first-order valence-electron chi connectivity index (χ1n) is 4.36. The summed E-state index contributed by atoms with van der Waals surface area (Å²) in [6.45, 7) is 2.98. The van der Waals surface area contributed by atoms with E-state index in [1.807, 2.05) is 0 Å². The van der Waals surface area contributed by atoms with Crippen molar-refractivity contribution < 1.29 is 14.6 Å². The summed E-state index contributed by atoms with van der Waals surface area (Å²) in [4.78, 5) is 0. The van der Waals surface area contributed by atoms with E-state index in [1.54, 1.807) is 0 Å².